The molecule has 10 nitrogen and oxygen atoms in total. The van der Waals surface area contributed by atoms with Gasteiger partial charge in [0.1, 0.15) is 18.0 Å². The molecule has 40 heavy (non-hydrogen) atoms. The SMILES string of the molecule is CC(C)(C)OC(=O)N[C@@](Cc1ccc(OCc2ccccc2)cn1)(C(=O)O)c1ccc(CCCC(=O)NO)cc1. The van der Waals surface area contributed by atoms with E-state index in [0.717, 1.165) is 11.1 Å². The van der Waals surface area contributed by atoms with E-state index in [1.807, 2.05) is 30.3 Å². The van der Waals surface area contributed by atoms with E-state index in [4.69, 9.17) is 14.7 Å². The molecule has 0 spiro atoms. The first-order chi connectivity index (χ1) is 19.0. The minimum Gasteiger partial charge on any atom is -0.487 e. The van der Waals surface area contributed by atoms with Gasteiger partial charge < -0.3 is 19.9 Å². The normalized spacial score (nSPS) is 12.6. The number of nitrogens with zero attached hydrogens (tertiary/aromatic N) is 1. The van der Waals surface area contributed by atoms with Crippen LogP contribution < -0.4 is 15.5 Å². The number of pyridine rings is 1. The minimum atomic E-state index is -1.88. The highest BCUT2D eigenvalue weighted by atomic mass is 16.6. The number of aromatic nitrogens is 1. The number of ether oxygens (including phenoxy) is 2. The number of amides is 2. The van der Waals surface area contributed by atoms with Crippen LogP contribution in [-0.2, 0) is 39.3 Å². The Morgan fingerprint density at radius 1 is 0.925 bits per heavy atom. The first-order valence-electron chi connectivity index (χ1n) is 12.9. The molecule has 3 aromatic rings. The predicted molar refractivity (Wildman–Crippen MR) is 147 cm³/mol. The lowest BCUT2D eigenvalue weighted by Crippen LogP contribution is -2.54. The number of alkyl carbamates (subject to hydrolysis) is 1. The minimum absolute atomic E-state index is 0.147. The van der Waals surface area contributed by atoms with Gasteiger partial charge in [0.2, 0.25) is 5.91 Å². The Bertz CT molecular complexity index is 1270. The van der Waals surface area contributed by atoms with Crippen LogP contribution in [0.1, 0.15) is 56.0 Å². The molecule has 0 aliphatic heterocycles. The number of hydrogen-bond donors (Lipinski definition) is 4. The number of benzene rings is 2. The van der Waals surface area contributed by atoms with E-state index in [9.17, 15) is 19.5 Å². The Morgan fingerprint density at radius 3 is 2.20 bits per heavy atom. The van der Waals surface area contributed by atoms with Crippen molar-refractivity contribution in [2.75, 3.05) is 0 Å². The topological polar surface area (TPSA) is 147 Å². The molecule has 0 aliphatic rings. The number of hydroxylamine groups is 1. The second-order valence-electron chi connectivity index (χ2n) is 10.4. The molecule has 4 N–H and O–H groups in total. The molecule has 0 saturated heterocycles. The second-order valence-corrected chi connectivity index (χ2v) is 10.4. The van der Waals surface area contributed by atoms with Crippen LogP contribution in [0.2, 0.25) is 0 Å². The maximum absolute atomic E-state index is 12.8. The number of carboxylic acids is 1. The zero-order chi connectivity index (χ0) is 29.2. The fourth-order valence-corrected chi connectivity index (χ4v) is 4.03. The average Bonchev–Trinajstić information content (AvgIpc) is 2.92. The number of carboxylic acid groups (broad SMARTS) is 1. The van der Waals surface area contributed by atoms with Crippen molar-refractivity contribution in [2.45, 2.75) is 64.2 Å². The van der Waals surface area contributed by atoms with Crippen molar-refractivity contribution >= 4 is 18.0 Å². The van der Waals surface area contributed by atoms with Gasteiger partial charge in [-0.25, -0.2) is 15.1 Å². The fourth-order valence-electron chi connectivity index (χ4n) is 4.03. The summed E-state index contributed by atoms with van der Waals surface area (Å²) in [7, 11) is 0. The van der Waals surface area contributed by atoms with Crippen molar-refractivity contribution in [2.24, 2.45) is 0 Å². The smallest absolute Gasteiger partial charge is 0.408 e. The van der Waals surface area contributed by atoms with Crippen molar-refractivity contribution in [3.8, 4) is 5.75 Å². The zero-order valence-corrected chi connectivity index (χ0v) is 22.8. The number of carbonyl (C=O) groups excluding carboxylic acids is 2. The van der Waals surface area contributed by atoms with Crippen LogP contribution in [0.3, 0.4) is 0 Å². The molecule has 0 bridgehead atoms. The number of rotatable bonds is 12. The summed E-state index contributed by atoms with van der Waals surface area (Å²) in [5.74, 6) is -1.24. The third kappa shape index (κ3) is 8.81. The van der Waals surface area contributed by atoms with Crippen LogP contribution in [-0.4, -0.2) is 38.9 Å². The molecule has 0 unspecified atom stereocenters. The highest BCUT2D eigenvalue weighted by molar-refractivity contribution is 5.86. The van der Waals surface area contributed by atoms with Gasteiger partial charge in [-0.15, -0.1) is 0 Å². The molecule has 2 aromatic carbocycles. The van der Waals surface area contributed by atoms with Gasteiger partial charge in [0.05, 0.1) is 6.20 Å². The van der Waals surface area contributed by atoms with Crippen LogP contribution in [0.5, 0.6) is 5.75 Å². The average molecular weight is 550 g/mol. The number of nitrogens with one attached hydrogen (secondary N) is 2. The van der Waals surface area contributed by atoms with E-state index in [1.165, 1.54) is 6.20 Å². The Balaban J connectivity index is 1.84. The highest BCUT2D eigenvalue weighted by Crippen LogP contribution is 2.28. The largest absolute Gasteiger partial charge is 0.487 e. The summed E-state index contributed by atoms with van der Waals surface area (Å²) in [6.45, 7) is 5.43. The lowest BCUT2D eigenvalue weighted by Gasteiger charge is -2.32. The first kappa shape index (κ1) is 30.1. The molecule has 0 aliphatic carbocycles. The second kappa shape index (κ2) is 13.6. The van der Waals surface area contributed by atoms with Gasteiger partial charge in [0.15, 0.2) is 5.54 Å². The Labute approximate surface area is 233 Å². The zero-order valence-electron chi connectivity index (χ0n) is 22.8. The molecule has 1 atom stereocenters. The van der Waals surface area contributed by atoms with E-state index >= 15 is 0 Å². The van der Waals surface area contributed by atoms with Crippen LogP contribution in [0.4, 0.5) is 4.79 Å². The van der Waals surface area contributed by atoms with E-state index in [-0.39, 0.29) is 12.8 Å². The molecule has 0 fully saturated rings. The molecule has 2 amide bonds. The van der Waals surface area contributed by atoms with Gasteiger partial charge in [-0.05, 0) is 62.4 Å². The van der Waals surface area contributed by atoms with E-state index in [2.05, 4.69) is 10.3 Å². The number of aliphatic carboxylic acids is 1. The molecule has 1 aromatic heterocycles. The summed E-state index contributed by atoms with van der Waals surface area (Å²) in [6.07, 6.45) is 1.67. The summed E-state index contributed by atoms with van der Waals surface area (Å²) in [6, 6.07) is 19.8. The van der Waals surface area contributed by atoms with E-state index in [1.54, 1.807) is 62.6 Å². The fraction of sp³-hybridized carbons (Fsp3) is 0.333. The molecule has 0 radical (unpaired) electrons. The van der Waals surface area contributed by atoms with Gasteiger partial charge >= 0.3 is 12.1 Å². The third-order valence-electron chi connectivity index (χ3n) is 6.01. The number of aryl methyl sites for hydroxylation is 1. The quantitative estimate of drug-likeness (QED) is 0.190. The summed E-state index contributed by atoms with van der Waals surface area (Å²) >= 11 is 0. The highest BCUT2D eigenvalue weighted by Gasteiger charge is 2.43. The molecule has 10 heteroatoms. The molecular weight excluding hydrogens is 514 g/mol. The lowest BCUT2D eigenvalue weighted by molar-refractivity contribution is -0.145. The number of carbonyl (C=O) groups is 3. The lowest BCUT2D eigenvalue weighted by atomic mass is 9.84. The van der Waals surface area contributed by atoms with Gasteiger partial charge in [-0.2, -0.15) is 0 Å². The van der Waals surface area contributed by atoms with Crippen molar-refractivity contribution in [3.63, 3.8) is 0 Å². The number of hydrogen-bond acceptors (Lipinski definition) is 7. The van der Waals surface area contributed by atoms with Crippen LogP contribution in [0.25, 0.3) is 0 Å². The monoisotopic (exact) mass is 549 g/mol. The predicted octanol–water partition coefficient (Wildman–Crippen LogP) is 4.54. The van der Waals surface area contributed by atoms with E-state index < -0.39 is 29.1 Å². The third-order valence-corrected chi connectivity index (χ3v) is 6.01. The van der Waals surface area contributed by atoms with Crippen molar-refractivity contribution in [1.82, 2.24) is 15.8 Å². The van der Waals surface area contributed by atoms with Gasteiger partial charge in [-0.1, -0.05) is 54.6 Å². The molecule has 212 valence electrons. The van der Waals surface area contributed by atoms with Crippen LogP contribution in [0, 0.1) is 0 Å². The van der Waals surface area contributed by atoms with Gasteiger partial charge in [0, 0.05) is 18.5 Å². The summed E-state index contributed by atoms with van der Waals surface area (Å²) in [5, 5.41) is 21.7. The molecule has 3 rings (SSSR count). The van der Waals surface area contributed by atoms with Crippen molar-refractivity contribution < 1.29 is 34.2 Å². The van der Waals surface area contributed by atoms with Crippen molar-refractivity contribution in [3.05, 3.63) is 95.3 Å². The standard InChI is InChI=1S/C30H35N3O7/c1-29(2,3)40-28(37)32-30(27(35)36,23-14-12-21(13-15-23)10-7-11-26(34)33-38)18-24-16-17-25(19-31-24)39-20-22-8-5-4-6-9-22/h4-6,8-9,12-17,19,38H,7,10-11,18,20H2,1-3H3,(H,32,37)(H,33,34)(H,35,36)/t30-/m1/s1. The summed E-state index contributed by atoms with van der Waals surface area (Å²) in [4.78, 5) is 41.3. The van der Waals surface area contributed by atoms with Crippen molar-refractivity contribution in [1.29, 1.82) is 0 Å². The van der Waals surface area contributed by atoms with Gasteiger partial charge in [0.25, 0.3) is 0 Å². The molecule has 1 heterocycles. The van der Waals surface area contributed by atoms with Crippen LogP contribution >= 0.6 is 0 Å². The van der Waals surface area contributed by atoms with Crippen LogP contribution in [0.15, 0.2) is 72.9 Å². The maximum atomic E-state index is 12.8. The summed E-state index contributed by atoms with van der Waals surface area (Å²) in [5.41, 5.74) is 1.49. The Hall–Kier alpha value is -4.44. The first-order valence-corrected chi connectivity index (χ1v) is 12.9. The Kier molecular flexibility index (Phi) is 10.2. The Morgan fingerprint density at radius 2 is 1.62 bits per heavy atom. The molecular formula is C30H35N3O7. The molecule has 0 saturated carbocycles. The van der Waals surface area contributed by atoms with Gasteiger partial charge in [-0.3, -0.25) is 15.0 Å². The summed E-state index contributed by atoms with van der Waals surface area (Å²) < 4.78 is 11.2. The van der Waals surface area contributed by atoms with E-state index in [0.29, 0.717) is 36.5 Å². The maximum Gasteiger partial charge on any atom is 0.408 e.